The highest BCUT2D eigenvalue weighted by atomic mass is 31.2. The summed E-state index contributed by atoms with van der Waals surface area (Å²) < 4.78 is 29.2. The van der Waals surface area contributed by atoms with Crippen LogP contribution in [0, 0.1) is 0 Å². The molecule has 0 unspecified atom stereocenters. The molecule has 5 heavy (non-hydrogen) atoms. The Morgan fingerprint density at radius 2 is 1.00 bits per heavy atom. The second-order valence-corrected chi connectivity index (χ2v) is 0.575. The summed E-state index contributed by atoms with van der Waals surface area (Å²) in [6.45, 7) is 0. The van der Waals surface area contributed by atoms with Gasteiger partial charge in [0.25, 0.3) is 0 Å². The molecule has 34 valence electrons. The van der Waals surface area contributed by atoms with E-state index >= 15 is 0 Å². The van der Waals surface area contributed by atoms with E-state index in [-0.39, 0.29) is 5.48 Å². The maximum Gasteiger partial charge on any atom is 0.456 e. The van der Waals surface area contributed by atoms with E-state index in [0.717, 1.165) is 0 Å². The molecule has 0 aliphatic heterocycles. The molecule has 0 aliphatic rings. The molecule has 1 nitrogen and oxygen atoms in total. The molecule has 0 spiro atoms. The van der Waals surface area contributed by atoms with Crippen molar-refractivity contribution >= 4 is 8.85 Å². The predicted molar refractivity (Wildman–Crippen MR) is 13.9 cm³/mol. The van der Waals surface area contributed by atoms with Crippen LogP contribution in [0.2, 0.25) is 0 Å². The minimum Gasteiger partial charge on any atom is -0.412 e. The molecular weight excluding hydrogens is 104 g/mol. The highest BCUT2D eigenvalue weighted by Gasteiger charge is 1.91. The van der Waals surface area contributed by atoms with Gasteiger partial charge in [-0.3, -0.25) is 0 Å². The average molecular weight is 106 g/mol. The quantitative estimate of drug-likeness (QED) is 0.417. The Hall–Kier alpha value is 0.180. The fourth-order valence-corrected chi connectivity index (χ4v) is 0. The van der Waals surface area contributed by atoms with Gasteiger partial charge in [-0.25, -0.2) is 0 Å². The van der Waals surface area contributed by atoms with Crippen LogP contribution in [-0.2, 0) is 0 Å². The molecule has 0 fully saturated rings. The summed E-state index contributed by atoms with van der Waals surface area (Å²) in [6, 6.07) is 0. The molecule has 0 rings (SSSR count). The van der Waals surface area contributed by atoms with Gasteiger partial charge in [-0.1, -0.05) is 0 Å². The lowest BCUT2D eigenvalue weighted by molar-refractivity contribution is 0.633. The van der Waals surface area contributed by atoms with Gasteiger partial charge in [0.05, 0.1) is 0 Å². The molecule has 0 aromatic heterocycles. The second-order valence-electron chi connectivity index (χ2n) is 0.192. The summed E-state index contributed by atoms with van der Waals surface area (Å²) in [5.74, 6) is 0. The molecule has 0 heterocycles. The topological polar surface area (TPSA) is 31.5 Å². The average Bonchev–Trinajstić information content (AvgIpc) is 0.811. The zero-order valence-electron chi connectivity index (χ0n) is 2.08. The molecule has 0 aliphatic carbocycles. The molecule has 0 saturated heterocycles. The van der Waals surface area contributed by atoms with Gasteiger partial charge in [-0.15, -0.1) is 0 Å². The van der Waals surface area contributed by atoms with Crippen LogP contribution in [0.4, 0.5) is 12.6 Å². The largest absolute Gasteiger partial charge is 0.456 e. The van der Waals surface area contributed by atoms with E-state index < -0.39 is 8.85 Å². The summed E-state index contributed by atoms with van der Waals surface area (Å²) in [7, 11) is -4.12. The van der Waals surface area contributed by atoms with E-state index in [9.17, 15) is 12.6 Å². The molecule has 0 aromatic carbocycles. The summed E-state index contributed by atoms with van der Waals surface area (Å²) in [5.41, 5.74) is 0. The number of halogens is 3. The van der Waals surface area contributed by atoms with E-state index in [2.05, 4.69) is 0 Å². The molecule has 0 radical (unpaired) electrons. The van der Waals surface area contributed by atoms with Crippen molar-refractivity contribution in [2.75, 3.05) is 0 Å². The molecule has 0 amide bonds. The summed E-state index contributed by atoms with van der Waals surface area (Å²) in [5, 5.41) is 0. The standard InChI is InChI=1S/F3P.H2O/c1-4(2)3;/h;1H2. The van der Waals surface area contributed by atoms with Gasteiger partial charge in [0.2, 0.25) is 0 Å². The Kier molecular flexibility index (Phi) is 7.48. The van der Waals surface area contributed by atoms with Crippen LogP contribution in [0.25, 0.3) is 0 Å². The lowest BCUT2D eigenvalue weighted by Gasteiger charge is -1.61. The zero-order valence-corrected chi connectivity index (χ0v) is 2.98. The van der Waals surface area contributed by atoms with Gasteiger partial charge in [0.15, 0.2) is 0 Å². The minimum absolute atomic E-state index is 0. The normalized spacial score (nSPS) is 7.20. The van der Waals surface area contributed by atoms with Gasteiger partial charge in [-0.05, 0) is 0 Å². The summed E-state index contributed by atoms with van der Waals surface area (Å²) in [6.07, 6.45) is 0. The van der Waals surface area contributed by atoms with E-state index in [4.69, 9.17) is 0 Å². The smallest absolute Gasteiger partial charge is 0.412 e. The summed E-state index contributed by atoms with van der Waals surface area (Å²) >= 11 is 0. The fraction of sp³-hybridized carbons (Fsp3) is 0. The maximum atomic E-state index is 9.73. The van der Waals surface area contributed by atoms with Gasteiger partial charge in [0, 0.05) is 0 Å². The van der Waals surface area contributed by atoms with E-state index in [1.807, 2.05) is 0 Å². The Labute approximate surface area is 28.2 Å². The predicted octanol–water partition coefficient (Wildman–Crippen LogP) is 1.30. The summed E-state index contributed by atoms with van der Waals surface area (Å²) in [4.78, 5) is 0. The first kappa shape index (κ1) is 8.95. The second kappa shape index (κ2) is 4.18. The van der Waals surface area contributed by atoms with Crippen LogP contribution in [0.3, 0.4) is 0 Å². The van der Waals surface area contributed by atoms with Crippen molar-refractivity contribution in [1.29, 1.82) is 0 Å². The number of hydrogen-bond donors (Lipinski definition) is 0. The van der Waals surface area contributed by atoms with E-state index in [1.165, 1.54) is 0 Å². The molecule has 2 N–H and O–H groups in total. The molecule has 5 heteroatoms. The lowest BCUT2D eigenvalue weighted by Crippen LogP contribution is -1.10. The minimum atomic E-state index is -4.12. The van der Waals surface area contributed by atoms with Gasteiger partial charge >= 0.3 is 8.85 Å². The Bertz CT molecular complexity index is 11.6. The van der Waals surface area contributed by atoms with Crippen molar-refractivity contribution in [3.63, 3.8) is 0 Å². The third-order valence-corrected chi connectivity index (χ3v) is 0. The Morgan fingerprint density at radius 3 is 1.00 bits per heavy atom. The molecule has 0 saturated carbocycles. The fourth-order valence-electron chi connectivity index (χ4n) is 0. The molecule has 0 atom stereocenters. The molecule has 0 aromatic rings. The molecular formula is H2F3OP. The maximum absolute atomic E-state index is 9.73. The van der Waals surface area contributed by atoms with E-state index in [1.54, 1.807) is 0 Å². The van der Waals surface area contributed by atoms with Crippen molar-refractivity contribution in [1.82, 2.24) is 0 Å². The first-order valence-electron chi connectivity index (χ1n) is 0.507. The molecule has 0 bridgehead atoms. The van der Waals surface area contributed by atoms with Gasteiger partial charge in [-0.2, -0.15) is 12.6 Å². The highest BCUT2D eigenvalue weighted by molar-refractivity contribution is 7.40. The van der Waals surface area contributed by atoms with Crippen molar-refractivity contribution in [2.24, 2.45) is 0 Å². The van der Waals surface area contributed by atoms with Crippen LogP contribution >= 0.6 is 8.85 Å². The van der Waals surface area contributed by atoms with Crippen LogP contribution < -0.4 is 0 Å². The van der Waals surface area contributed by atoms with Crippen LogP contribution in [0.15, 0.2) is 0 Å². The Balaban J connectivity index is 0. The van der Waals surface area contributed by atoms with E-state index in [0.29, 0.717) is 0 Å². The third kappa shape index (κ3) is 613. The lowest BCUT2D eigenvalue weighted by atomic mass is 16.0. The number of rotatable bonds is 0. The van der Waals surface area contributed by atoms with Crippen molar-refractivity contribution in [3.8, 4) is 0 Å². The van der Waals surface area contributed by atoms with Crippen LogP contribution in [0.1, 0.15) is 0 Å². The van der Waals surface area contributed by atoms with Crippen molar-refractivity contribution < 1.29 is 18.1 Å². The van der Waals surface area contributed by atoms with Crippen LogP contribution in [-0.4, -0.2) is 5.48 Å². The monoisotopic (exact) mass is 106 g/mol. The van der Waals surface area contributed by atoms with Crippen LogP contribution in [0.5, 0.6) is 0 Å². The van der Waals surface area contributed by atoms with Crippen molar-refractivity contribution in [2.45, 2.75) is 0 Å². The SMILES string of the molecule is FP(F)F.O. The highest BCUT2D eigenvalue weighted by Crippen LogP contribution is 2.39. The third-order valence-electron chi connectivity index (χ3n) is 0. The van der Waals surface area contributed by atoms with Gasteiger partial charge in [0.1, 0.15) is 0 Å². The van der Waals surface area contributed by atoms with Gasteiger partial charge < -0.3 is 5.48 Å². The zero-order chi connectivity index (χ0) is 3.58. The Morgan fingerprint density at radius 1 is 1.00 bits per heavy atom. The first-order valence-corrected chi connectivity index (χ1v) is 1.52. The first-order chi connectivity index (χ1) is 1.73. The van der Waals surface area contributed by atoms with Crippen molar-refractivity contribution in [3.05, 3.63) is 0 Å². The number of hydrogen-bond acceptors (Lipinski definition) is 0.